The average Bonchev–Trinajstić information content (AvgIpc) is 2.46. The molecule has 5 nitrogen and oxygen atoms in total. The first kappa shape index (κ1) is 16.9. The predicted molar refractivity (Wildman–Crippen MR) is 86.6 cm³/mol. The molecule has 0 atom stereocenters. The van der Waals surface area contributed by atoms with E-state index in [2.05, 4.69) is 30.5 Å². The van der Waals surface area contributed by atoms with Gasteiger partial charge in [-0.1, -0.05) is 19.3 Å². The number of aromatic nitrogens is 1. The van der Waals surface area contributed by atoms with Crippen molar-refractivity contribution in [1.82, 2.24) is 14.6 Å². The van der Waals surface area contributed by atoms with Crippen LogP contribution in [0.2, 0.25) is 0 Å². The molecule has 1 aliphatic rings. The molecule has 0 amide bonds. The Hall–Kier alpha value is -0.500. The van der Waals surface area contributed by atoms with Gasteiger partial charge in [0, 0.05) is 29.0 Å². The fraction of sp³-hybridized carbons (Fsp3) is 0.643. The summed E-state index contributed by atoms with van der Waals surface area (Å²) in [5.74, 6) is 0. The van der Waals surface area contributed by atoms with Gasteiger partial charge < -0.3 is 4.90 Å². The molecule has 0 aliphatic heterocycles. The van der Waals surface area contributed by atoms with Crippen molar-refractivity contribution < 1.29 is 8.42 Å². The van der Waals surface area contributed by atoms with E-state index in [-0.39, 0.29) is 10.4 Å². The largest absolute Gasteiger partial charge is 0.302 e. The molecule has 2 rings (SSSR count). The van der Waals surface area contributed by atoms with Gasteiger partial charge in [-0.3, -0.25) is 4.98 Å². The number of likely N-dealkylation sites (N-methyl/N-ethyl adjacent to an activating group) is 1. The predicted octanol–water partition coefficient (Wildman–Crippen LogP) is 2.39. The Labute approximate surface area is 135 Å². The van der Waals surface area contributed by atoms with Crippen LogP contribution in [0.3, 0.4) is 0 Å². The van der Waals surface area contributed by atoms with Gasteiger partial charge in [0.05, 0.1) is 0 Å². The third-order valence-electron chi connectivity index (χ3n) is 4.31. The number of hydrogen-bond donors (Lipinski definition) is 1. The molecule has 118 valence electrons. The standard InChI is InChI=1S/C14H22BrN3O2S/c1-18(2)14(6-4-3-5-7-14)11-17-21(19,20)13-8-12(15)9-16-10-13/h8-10,17H,3-7,11H2,1-2H3. The van der Waals surface area contributed by atoms with Crippen molar-refractivity contribution in [3.8, 4) is 0 Å². The lowest BCUT2D eigenvalue weighted by Gasteiger charge is -2.43. The van der Waals surface area contributed by atoms with Crippen LogP contribution in [0, 0.1) is 0 Å². The first-order valence-corrected chi connectivity index (χ1v) is 9.41. The fourth-order valence-electron chi connectivity index (χ4n) is 2.84. The van der Waals surface area contributed by atoms with Gasteiger partial charge in [0.2, 0.25) is 10.0 Å². The van der Waals surface area contributed by atoms with Crippen molar-refractivity contribution in [2.75, 3.05) is 20.6 Å². The van der Waals surface area contributed by atoms with E-state index < -0.39 is 10.0 Å². The van der Waals surface area contributed by atoms with Crippen molar-refractivity contribution in [2.45, 2.75) is 42.5 Å². The Morgan fingerprint density at radius 2 is 1.95 bits per heavy atom. The molecule has 1 fully saturated rings. The highest BCUT2D eigenvalue weighted by Crippen LogP contribution is 2.32. The van der Waals surface area contributed by atoms with Crippen molar-refractivity contribution in [3.05, 3.63) is 22.9 Å². The second-order valence-electron chi connectivity index (χ2n) is 5.84. The maximum atomic E-state index is 12.4. The summed E-state index contributed by atoms with van der Waals surface area (Å²) >= 11 is 3.25. The Morgan fingerprint density at radius 3 is 2.52 bits per heavy atom. The lowest BCUT2D eigenvalue weighted by atomic mass is 9.81. The van der Waals surface area contributed by atoms with Gasteiger partial charge in [-0.15, -0.1) is 0 Å². The van der Waals surface area contributed by atoms with Gasteiger partial charge in [0.1, 0.15) is 4.90 Å². The number of halogens is 1. The minimum absolute atomic E-state index is 0.0786. The molecule has 0 spiro atoms. The molecular formula is C14H22BrN3O2S. The van der Waals surface area contributed by atoms with E-state index in [1.165, 1.54) is 12.6 Å². The average molecular weight is 376 g/mol. The lowest BCUT2D eigenvalue weighted by molar-refractivity contribution is 0.105. The van der Waals surface area contributed by atoms with E-state index in [4.69, 9.17) is 0 Å². The number of rotatable bonds is 5. The molecule has 1 aromatic heterocycles. The maximum absolute atomic E-state index is 12.4. The smallest absolute Gasteiger partial charge is 0.242 e. The summed E-state index contributed by atoms with van der Waals surface area (Å²) in [7, 11) is 0.533. The summed E-state index contributed by atoms with van der Waals surface area (Å²) < 4.78 is 28.2. The molecule has 1 heterocycles. The summed E-state index contributed by atoms with van der Waals surface area (Å²) in [5, 5.41) is 0. The third kappa shape index (κ3) is 4.03. The topological polar surface area (TPSA) is 62.3 Å². The number of hydrogen-bond acceptors (Lipinski definition) is 4. The number of pyridine rings is 1. The highest BCUT2D eigenvalue weighted by molar-refractivity contribution is 9.10. The van der Waals surface area contributed by atoms with E-state index in [1.54, 1.807) is 12.3 Å². The third-order valence-corrected chi connectivity index (χ3v) is 6.12. The zero-order valence-electron chi connectivity index (χ0n) is 12.5. The fourth-order valence-corrected chi connectivity index (χ4v) is 4.47. The second kappa shape index (κ2) is 6.73. The van der Waals surface area contributed by atoms with Crippen molar-refractivity contribution in [3.63, 3.8) is 0 Å². The van der Waals surface area contributed by atoms with Crippen LogP contribution in [-0.4, -0.2) is 44.5 Å². The van der Waals surface area contributed by atoms with Crippen molar-refractivity contribution in [1.29, 1.82) is 0 Å². The number of sulfonamides is 1. The highest BCUT2D eigenvalue weighted by atomic mass is 79.9. The highest BCUT2D eigenvalue weighted by Gasteiger charge is 2.35. The molecular weight excluding hydrogens is 354 g/mol. The molecule has 21 heavy (non-hydrogen) atoms. The first-order valence-electron chi connectivity index (χ1n) is 7.13. The van der Waals surface area contributed by atoms with Crippen LogP contribution in [-0.2, 0) is 10.0 Å². The zero-order valence-corrected chi connectivity index (χ0v) is 14.9. The van der Waals surface area contributed by atoms with E-state index in [0.717, 1.165) is 25.7 Å². The summed E-state index contributed by atoms with van der Waals surface area (Å²) in [6.07, 6.45) is 8.53. The summed E-state index contributed by atoms with van der Waals surface area (Å²) in [6.45, 7) is 0.439. The van der Waals surface area contributed by atoms with E-state index in [1.807, 2.05) is 14.1 Å². The summed E-state index contributed by atoms with van der Waals surface area (Å²) in [4.78, 5) is 6.28. The summed E-state index contributed by atoms with van der Waals surface area (Å²) in [5.41, 5.74) is -0.0786. The molecule has 0 aromatic carbocycles. The Bertz CT molecular complexity index is 584. The maximum Gasteiger partial charge on any atom is 0.242 e. The van der Waals surface area contributed by atoms with Crippen molar-refractivity contribution in [2.24, 2.45) is 0 Å². The SMILES string of the molecule is CN(C)C1(CNS(=O)(=O)c2cncc(Br)c2)CCCCC1. The first-order chi connectivity index (χ1) is 9.86. The molecule has 0 bridgehead atoms. The van der Waals surface area contributed by atoms with Crippen LogP contribution in [0.1, 0.15) is 32.1 Å². The summed E-state index contributed by atoms with van der Waals surface area (Å²) in [6, 6.07) is 1.57. The molecule has 0 saturated heterocycles. The van der Waals surface area contributed by atoms with Crippen LogP contribution in [0.4, 0.5) is 0 Å². The van der Waals surface area contributed by atoms with Crippen LogP contribution in [0.5, 0.6) is 0 Å². The molecule has 0 radical (unpaired) electrons. The Morgan fingerprint density at radius 1 is 1.29 bits per heavy atom. The normalized spacial score (nSPS) is 18.9. The van der Waals surface area contributed by atoms with Gasteiger partial charge in [-0.2, -0.15) is 0 Å². The number of nitrogens with zero attached hydrogens (tertiary/aromatic N) is 2. The van der Waals surface area contributed by atoms with Gasteiger partial charge in [-0.05, 0) is 48.9 Å². The zero-order chi connectivity index (χ0) is 15.5. The minimum Gasteiger partial charge on any atom is -0.302 e. The molecule has 1 saturated carbocycles. The lowest BCUT2D eigenvalue weighted by Crippen LogP contribution is -2.53. The monoisotopic (exact) mass is 375 g/mol. The molecule has 1 N–H and O–H groups in total. The van der Waals surface area contributed by atoms with Crippen LogP contribution >= 0.6 is 15.9 Å². The Balaban J connectivity index is 2.13. The van der Waals surface area contributed by atoms with Gasteiger partial charge >= 0.3 is 0 Å². The second-order valence-corrected chi connectivity index (χ2v) is 8.53. The van der Waals surface area contributed by atoms with E-state index >= 15 is 0 Å². The van der Waals surface area contributed by atoms with Gasteiger partial charge in [0.15, 0.2) is 0 Å². The molecule has 1 aromatic rings. The number of nitrogens with one attached hydrogen (secondary N) is 1. The quantitative estimate of drug-likeness (QED) is 0.857. The molecule has 7 heteroatoms. The van der Waals surface area contributed by atoms with E-state index in [9.17, 15) is 8.42 Å². The van der Waals surface area contributed by atoms with Crippen molar-refractivity contribution >= 4 is 26.0 Å². The van der Waals surface area contributed by atoms with E-state index in [0.29, 0.717) is 11.0 Å². The molecule has 1 aliphatic carbocycles. The minimum atomic E-state index is -3.52. The Kier molecular flexibility index (Phi) is 5.40. The van der Waals surface area contributed by atoms with Gasteiger partial charge in [-0.25, -0.2) is 13.1 Å². The van der Waals surface area contributed by atoms with Crippen LogP contribution in [0.15, 0.2) is 27.8 Å². The van der Waals surface area contributed by atoms with Crippen LogP contribution in [0.25, 0.3) is 0 Å². The van der Waals surface area contributed by atoms with Crippen LogP contribution < -0.4 is 4.72 Å². The van der Waals surface area contributed by atoms with Gasteiger partial charge in [0.25, 0.3) is 0 Å². The molecule has 0 unspecified atom stereocenters.